The third-order valence-corrected chi connectivity index (χ3v) is 5.91. The van der Waals surface area contributed by atoms with E-state index in [2.05, 4.69) is 100 Å². The largest absolute Gasteiger partial charge is 0.315 e. The summed E-state index contributed by atoms with van der Waals surface area (Å²) in [6.07, 6.45) is 2.00. The van der Waals surface area contributed by atoms with Crippen molar-refractivity contribution in [3.05, 3.63) is 108 Å². The second kappa shape index (κ2) is 6.26. The van der Waals surface area contributed by atoms with E-state index in [1.165, 1.54) is 27.5 Å². The summed E-state index contributed by atoms with van der Waals surface area (Å²) in [5.74, 6) is 0. The van der Waals surface area contributed by atoms with Crippen molar-refractivity contribution in [1.29, 1.82) is 0 Å². The summed E-state index contributed by atoms with van der Waals surface area (Å²) in [6.45, 7) is 0. The molecule has 0 aliphatic carbocycles. The maximum absolute atomic E-state index is 6.50. The van der Waals surface area contributed by atoms with E-state index in [4.69, 9.17) is 11.6 Å². The van der Waals surface area contributed by atoms with Gasteiger partial charge in [-0.3, -0.25) is 0 Å². The standard InChI is InChI=1S/C26H17ClN2/c27-23-17-28(24-12-6-5-11-21(23)24)19-14-15-26-22(16-19)20-10-4-7-13-25(20)29(26)18-8-2-1-3-9-18/h1-17H. The molecule has 2 aromatic heterocycles. The van der Waals surface area contributed by atoms with Crippen molar-refractivity contribution in [1.82, 2.24) is 9.13 Å². The Morgan fingerprint density at radius 3 is 2.00 bits per heavy atom. The lowest BCUT2D eigenvalue weighted by Gasteiger charge is -2.09. The number of halogens is 1. The molecule has 0 saturated heterocycles. The third kappa shape index (κ3) is 2.43. The Labute approximate surface area is 173 Å². The van der Waals surface area contributed by atoms with Crippen LogP contribution in [0.3, 0.4) is 0 Å². The highest BCUT2D eigenvalue weighted by atomic mass is 35.5. The van der Waals surface area contributed by atoms with Crippen LogP contribution in [-0.2, 0) is 0 Å². The Hall–Kier alpha value is -3.49. The SMILES string of the molecule is Clc1cn(-c2ccc3c(c2)c2ccccc2n3-c2ccccc2)c2ccccc12. The highest BCUT2D eigenvalue weighted by molar-refractivity contribution is 6.35. The fourth-order valence-electron chi connectivity index (χ4n) is 4.32. The minimum Gasteiger partial charge on any atom is -0.315 e. The van der Waals surface area contributed by atoms with Gasteiger partial charge >= 0.3 is 0 Å². The zero-order valence-corrected chi connectivity index (χ0v) is 16.3. The van der Waals surface area contributed by atoms with Gasteiger partial charge in [-0.15, -0.1) is 0 Å². The lowest BCUT2D eigenvalue weighted by molar-refractivity contribution is 1.13. The Kier molecular flexibility index (Phi) is 3.56. The molecule has 0 bridgehead atoms. The molecule has 0 spiro atoms. The van der Waals surface area contributed by atoms with Crippen LogP contribution in [0.15, 0.2) is 103 Å². The van der Waals surface area contributed by atoms with Crippen LogP contribution in [0.5, 0.6) is 0 Å². The van der Waals surface area contributed by atoms with E-state index >= 15 is 0 Å². The summed E-state index contributed by atoms with van der Waals surface area (Å²) >= 11 is 6.50. The van der Waals surface area contributed by atoms with Crippen molar-refractivity contribution < 1.29 is 0 Å². The van der Waals surface area contributed by atoms with E-state index in [0.29, 0.717) is 0 Å². The highest BCUT2D eigenvalue weighted by Gasteiger charge is 2.14. The number of hydrogen-bond acceptors (Lipinski definition) is 0. The number of aromatic nitrogens is 2. The molecule has 0 atom stereocenters. The lowest BCUT2D eigenvalue weighted by atomic mass is 10.1. The first kappa shape index (κ1) is 16.5. The van der Waals surface area contributed by atoms with Crippen LogP contribution in [0.25, 0.3) is 44.1 Å². The molecular formula is C26H17ClN2. The fourth-order valence-corrected chi connectivity index (χ4v) is 4.58. The summed E-state index contributed by atoms with van der Waals surface area (Å²) < 4.78 is 4.50. The highest BCUT2D eigenvalue weighted by Crippen LogP contribution is 2.35. The van der Waals surface area contributed by atoms with Gasteiger partial charge in [0.2, 0.25) is 0 Å². The molecule has 0 fully saturated rings. The first-order valence-electron chi connectivity index (χ1n) is 9.66. The van der Waals surface area contributed by atoms with Gasteiger partial charge in [0.1, 0.15) is 0 Å². The van der Waals surface area contributed by atoms with Crippen LogP contribution < -0.4 is 0 Å². The molecule has 138 valence electrons. The first-order valence-corrected chi connectivity index (χ1v) is 10.0. The average molecular weight is 393 g/mol. The molecule has 6 aromatic rings. The Morgan fingerprint density at radius 1 is 0.517 bits per heavy atom. The fraction of sp³-hybridized carbons (Fsp3) is 0. The third-order valence-electron chi connectivity index (χ3n) is 5.61. The maximum Gasteiger partial charge on any atom is 0.0665 e. The first-order chi connectivity index (χ1) is 14.3. The van der Waals surface area contributed by atoms with E-state index in [1.807, 2.05) is 12.3 Å². The molecule has 2 heterocycles. The topological polar surface area (TPSA) is 9.86 Å². The number of hydrogen-bond donors (Lipinski definition) is 0. The van der Waals surface area contributed by atoms with Gasteiger partial charge < -0.3 is 9.13 Å². The predicted octanol–water partition coefficient (Wildman–Crippen LogP) is 7.38. The molecule has 6 rings (SSSR count). The van der Waals surface area contributed by atoms with E-state index in [9.17, 15) is 0 Å². The van der Waals surface area contributed by atoms with Crippen LogP contribution in [0.4, 0.5) is 0 Å². The molecule has 0 saturated carbocycles. The Balaban J connectivity index is 1.68. The van der Waals surface area contributed by atoms with Crippen molar-refractivity contribution in [2.24, 2.45) is 0 Å². The molecule has 0 amide bonds. The minimum absolute atomic E-state index is 0.771. The van der Waals surface area contributed by atoms with Crippen LogP contribution in [0, 0.1) is 0 Å². The summed E-state index contributed by atoms with van der Waals surface area (Å²) in [4.78, 5) is 0. The minimum atomic E-state index is 0.771. The van der Waals surface area contributed by atoms with Gasteiger partial charge in [0, 0.05) is 33.7 Å². The van der Waals surface area contributed by atoms with Gasteiger partial charge in [0.25, 0.3) is 0 Å². The van der Waals surface area contributed by atoms with Gasteiger partial charge in [0.15, 0.2) is 0 Å². The molecule has 0 unspecified atom stereocenters. The molecule has 29 heavy (non-hydrogen) atoms. The predicted molar refractivity (Wildman–Crippen MR) is 123 cm³/mol. The van der Waals surface area contributed by atoms with Gasteiger partial charge in [-0.2, -0.15) is 0 Å². The van der Waals surface area contributed by atoms with Crippen LogP contribution in [0.2, 0.25) is 5.02 Å². The number of nitrogens with zero attached hydrogens (tertiary/aromatic N) is 2. The monoisotopic (exact) mass is 392 g/mol. The van der Waals surface area contributed by atoms with Crippen molar-refractivity contribution in [3.63, 3.8) is 0 Å². The quantitative estimate of drug-likeness (QED) is 0.291. The maximum atomic E-state index is 6.50. The second-order valence-corrected chi connectivity index (χ2v) is 7.66. The Bertz CT molecular complexity index is 1510. The summed E-state index contributed by atoms with van der Waals surface area (Å²) in [5.41, 5.74) is 5.80. The van der Waals surface area contributed by atoms with E-state index in [0.717, 1.165) is 21.6 Å². The summed E-state index contributed by atoms with van der Waals surface area (Å²) in [5, 5.41) is 4.32. The molecule has 0 aliphatic heterocycles. The summed E-state index contributed by atoms with van der Waals surface area (Å²) in [6, 6.07) is 34.0. The smallest absolute Gasteiger partial charge is 0.0665 e. The van der Waals surface area contributed by atoms with Crippen molar-refractivity contribution in [3.8, 4) is 11.4 Å². The molecule has 0 N–H and O–H groups in total. The van der Waals surface area contributed by atoms with Gasteiger partial charge in [-0.05, 0) is 42.5 Å². The molecule has 4 aromatic carbocycles. The van der Waals surface area contributed by atoms with Crippen LogP contribution in [-0.4, -0.2) is 9.13 Å². The summed E-state index contributed by atoms with van der Waals surface area (Å²) in [7, 11) is 0. The van der Waals surface area contributed by atoms with Crippen molar-refractivity contribution in [2.45, 2.75) is 0 Å². The molecule has 0 aliphatic rings. The van der Waals surface area contributed by atoms with E-state index in [-0.39, 0.29) is 0 Å². The second-order valence-electron chi connectivity index (χ2n) is 7.25. The van der Waals surface area contributed by atoms with Gasteiger partial charge in [-0.25, -0.2) is 0 Å². The van der Waals surface area contributed by atoms with Gasteiger partial charge in [0.05, 0.1) is 21.6 Å². The zero-order chi connectivity index (χ0) is 19.4. The zero-order valence-electron chi connectivity index (χ0n) is 15.6. The average Bonchev–Trinajstić information content (AvgIpc) is 3.29. The lowest BCUT2D eigenvalue weighted by Crippen LogP contribution is -1.94. The molecule has 2 nitrogen and oxygen atoms in total. The van der Waals surface area contributed by atoms with E-state index < -0.39 is 0 Å². The van der Waals surface area contributed by atoms with Crippen LogP contribution in [0.1, 0.15) is 0 Å². The van der Waals surface area contributed by atoms with Gasteiger partial charge in [-0.1, -0.05) is 66.2 Å². The van der Waals surface area contributed by atoms with E-state index in [1.54, 1.807) is 0 Å². The molecule has 3 heteroatoms. The normalized spacial score (nSPS) is 11.6. The van der Waals surface area contributed by atoms with Crippen LogP contribution >= 0.6 is 11.6 Å². The number of fused-ring (bicyclic) bond motifs is 4. The molecule has 0 radical (unpaired) electrons. The number of rotatable bonds is 2. The van der Waals surface area contributed by atoms with Crippen molar-refractivity contribution >= 4 is 44.3 Å². The Morgan fingerprint density at radius 2 is 1.17 bits per heavy atom. The number of benzene rings is 4. The number of para-hydroxylation sites is 3. The van der Waals surface area contributed by atoms with Crippen molar-refractivity contribution in [2.75, 3.05) is 0 Å². The molecular weight excluding hydrogens is 376 g/mol.